The van der Waals surface area contributed by atoms with Crippen LogP contribution in [0.15, 0.2) is 30.3 Å². The van der Waals surface area contributed by atoms with E-state index in [0.29, 0.717) is 32.0 Å². The maximum atomic E-state index is 13.3. The van der Waals surface area contributed by atoms with Crippen LogP contribution < -0.4 is 10.6 Å². The van der Waals surface area contributed by atoms with Gasteiger partial charge >= 0.3 is 6.03 Å². The van der Waals surface area contributed by atoms with Gasteiger partial charge in [0.25, 0.3) is 6.54 Å². The molecule has 2 N–H and O–H groups in total. The number of piperidine rings is 2. The van der Waals surface area contributed by atoms with Crippen molar-refractivity contribution in [2.75, 3.05) is 32.7 Å². The Morgan fingerprint density at radius 3 is 2.24 bits per heavy atom. The second kappa shape index (κ2) is 14.8. The second-order valence-corrected chi connectivity index (χ2v) is 11.0. The minimum atomic E-state index is -1.00. The summed E-state index contributed by atoms with van der Waals surface area (Å²) in [4.78, 5) is 53.7. The molecular formula is C28H43N5O5. The normalized spacial score (nSPS) is 18.6. The van der Waals surface area contributed by atoms with E-state index in [9.17, 15) is 24.5 Å². The zero-order valence-electron chi connectivity index (χ0n) is 22.8. The van der Waals surface area contributed by atoms with E-state index in [2.05, 4.69) is 15.5 Å². The third-order valence-corrected chi connectivity index (χ3v) is 7.53. The Morgan fingerprint density at radius 1 is 0.974 bits per heavy atom. The lowest BCUT2D eigenvalue weighted by Gasteiger charge is -2.40. The number of nitro groups is 1. The number of nitrogens with zero attached hydrogens (tertiary/aromatic N) is 3. The van der Waals surface area contributed by atoms with Crippen LogP contribution in [0.4, 0.5) is 4.79 Å². The number of Topliss-reactive ketones (excluding diaryl/α,β-unsaturated/α-hetero) is 1. The van der Waals surface area contributed by atoms with Gasteiger partial charge in [-0.25, -0.2) is 4.79 Å². The fraction of sp³-hybridized carbons (Fsp3) is 0.679. The number of aryl methyl sites for hydroxylation is 1. The van der Waals surface area contributed by atoms with Gasteiger partial charge in [0.15, 0.2) is 0 Å². The molecule has 0 aliphatic carbocycles. The maximum absolute atomic E-state index is 13.3. The quantitative estimate of drug-likeness (QED) is 0.317. The Kier molecular flexibility index (Phi) is 11.5. The van der Waals surface area contributed by atoms with Crippen molar-refractivity contribution in [3.63, 3.8) is 0 Å². The van der Waals surface area contributed by atoms with Crippen LogP contribution in [-0.2, 0) is 16.0 Å². The van der Waals surface area contributed by atoms with Crippen molar-refractivity contribution in [1.82, 2.24) is 20.4 Å². The van der Waals surface area contributed by atoms with Gasteiger partial charge in [-0.15, -0.1) is 0 Å². The van der Waals surface area contributed by atoms with E-state index in [1.165, 1.54) is 19.3 Å². The topological polar surface area (TPSA) is 125 Å². The molecular weight excluding hydrogens is 486 g/mol. The van der Waals surface area contributed by atoms with Gasteiger partial charge in [0.1, 0.15) is 6.04 Å². The molecule has 2 heterocycles. The summed E-state index contributed by atoms with van der Waals surface area (Å²) >= 11 is 0. The first kappa shape index (κ1) is 29.5. The Morgan fingerprint density at radius 2 is 1.63 bits per heavy atom. The van der Waals surface area contributed by atoms with E-state index in [1.54, 1.807) is 4.90 Å². The fourth-order valence-electron chi connectivity index (χ4n) is 5.44. The summed E-state index contributed by atoms with van der Waals surface area (Å²) in [5, 5.41) is 16.6. The highest BCUT2D eigenvalue weighted by Gasteiger charge is 2.32. The van der Waals surface area contributed by atoms with Crippen LogP contribution in [0.2, 0.25) is 0 Å². The first-order valence-corrected chi connectivity index (χ1v) is 14.0. The highest BCUT2D eigenvalue weighted by atomic mass is 16.6. The van der Waals surface area contributed by atoms with Crippen LogP contribution in [0, 0.1) is 16.0 Å². The molecule has 2 saturated heterocycles. The molecule has 2 fully saturated rings. The molecule has 0 aromatic heterocycles. The van der Waals surface area contributed by atoms with Crippen molar-refractivity contribution >= 4 is 17.7 Å². The van der Waals surface area contributed by atoms with Gasteiger partial charge in [-0.05, 0) is 69.5 Å². The van der Waals surface area contributed by atoms with Crippen molar-refractivity contribution in [2.24, 2.45) is 5.92 Å². The molecule has 0 unspecified atom stereocenters. The van der Waals surface area contributed by atoms with Crippen molar-refractivity contribution in [3.8, 4) is 0 Å². The molecule has 1 aromatic rings. The predicted octanol–water partition coefficient (Wildman–Crippen LogP) is 3.02. The van der Waals surface area contributed by atoms with E-state index in [-0.39, 0.29) is 18.4 Å². The number of urea groups is 1. The zero-order valence-corrected chi connectivity index (χ0v) is 22.8. The number of benzene rings is 1. The summed E-state index contributed by atoms with van der Waals surface area (Å²) in [7, 11) is 0. The summed E-state index contributed by atoms with van der Waals surface area (Å²) in [5.74, 6) is -1.01. The van der Waals surface area contributed by atoms with Crippen LogP contribution in [0.5, 0.6) is 0 Å². The molecule has 2 atom stereocenters. The molecule has 3 rings (SSSR count). The molecule has 1 aromatic carbocycles. The van der Waals surface area contributed by atoms with E-state index >= 15 is 0 Å². The molecule has 10 heteroatoms. The van der Waals surface area contributed by atoms with Crippen LogP contribution in [-0.4, -0.2) is 83.3 Å². The average molecular weight is 530 g/mol. The van der Waals surface area contributed by atoms with Crippen LogP contribution in [0.1, 0.15) is 64.4 Å². The summed E-state index contributed by atoms with van der Waals surface area (Å²) in [6.07, 6.45) is 6.75. The Labute approximate surface area is 225 Å². The fourth-order valence-corrected chi connectivity index (χ4v) is 5.44. The Bertz CT molecular complexity index is 927. The minimum absolute atomic E-state index is 0.119. The number of hydrogen-bond acceptors (Lipinski definition) is 6. The first-order chi connectivity index (χ1) is 18.2. The highest BCUT2D eigenvalue weighted by Crippen LogP contribution is 2.21. The Balaban J connectivity index is 1.59. The van der Waals surface area contributed by atoms with Crippen LogP contribution >= 0.6 is 0 Å². The summed E-state index contributed by atoms with van der Waals surface area (Å²) < 4.78 is 0. The number of carbonyl (C=O) groups excluding carboxylic acids is 3. The maximum Gasteiger partial charge on any atom is 0.318 e. The number of likely N-dealkylation sites (tertiary alicyclic amines) is 2. The van der Waals surface area contributed by atoms with Crippen LogP contribution in [0.3, 0.4) is 0 Å². The Hall–Kier alpha value is -3.01. The lowest BCUT2D eigenvalue weighted by atomic mass is 9.99. The minimum Gasteiger partial charge on any atom is -0.344 e. The molecule has 0 radical (unpaired) electrons. The van der Waals surface area contributed by atoms with Gasteiger partial charge in [0, 0.05) is 24.1 Å². The predicted molar refractivity (Wildman–Crippen MR) is 145 cm³/mol. The standard InChI is InChI=1S/C28H43N5O5/c1-21(2)19-25(30-28(36)32-17-13-23(14-18-32)31-15-7-4-8-16-31)27(35)29-24(26(34)20-33(37)38)12-11-22-9-5-3-6-10-22/h3,5-6,9-10,21,23-25H,4,7-8,11-20H2,1-2H3,(H,29,35)(H,30,36)/t24-,25-/m0/s1. The van der Waals surface area contributed by atoms with Gasteiger partial charge in [-0.3, -0.25) is 19.7 Å². The van der Waals surface area contributed by atoms with Crippen molar-refractivity contribution < 1.29 is 19.3 Å². The van der Waals surface area contributed by atoms with E-state index < -0.39 is 35.2 Å². The van der Waals surface area contributed by atoms with E-state index in [0.717, 1.165) is 31.5 Å². The number of amides is 3. The molecule has 10 nitrogen and oxygen atoms in total. The number of carbonyl (C=O) groups is 3. The highest BCUT2D eigenvalue weighted by molar-refractivity contribution is 5.93. The molecule has 210 valence electrons. The molecule has 0 bridgehead atoms. The molecule has 0 spiro atoms. The molecule has 2 aliphatic rings. The van der Waals surface area contributed by atoms with Gasteiger partial charge in [-0.2, -0.15) is 0 Å². The molecule has 2 aliphatic heterocycles. The molecule has 0 saturated carbocycles. The number of ketones is 1. The SMILES string of the molecule is CC(C)C[C@H](NC(=O)N1CCC(N2CCCCC2)CC1)C(=O)N[C@@H](CCc1ccccc1)C(=O)C[N+](=O)[O-]. The van der Waals surface area contributed by atoms with Gasteiger partial charge in [0.05, 0.1) is 6.04 Å². The molecule has 38 heavy (non-hydrogen) atoms. The number of nitrogens with one attached hydrogen (secondary N) is 2. The van der Waals surface area contributed by atoms with Gasteiger partial charge in [-0.1, -0.05) is 50.6 Å². The van der Waals surface area contributed by atoms with Crippen molar-refractivity contribution in [1.29, 1.82) is 0 Å². The lowest BCUT2D eigenvalue weighted by molar-refractivity contribution is -0.467. The van der Waals surface area contributed by atoms with Gasteiger partial charge < -0.3 is 20.4 Å². The zero-order chi connectivity index (χ0) is 27.5. The average Bonchev–Trinajstić information content (AvgIpc) is 2.91. The van der Waals surface area contributed by atoms with E-state index in [1.807, 2.05) is 44.2 Å². The summed E-state index contributed by atoms with van der Waals surface area (Å²) in [5.41, 5.74) is 0.973. The van der Waals surface area contributed by atoms with Crippen molar-refractivity contribution in [2.45, 2.75) is 83.3 Å². The van der Waals surface area contributed by atoms with Gasteiger partial charge in [0.2, 0.25) is 11.7 Å². The van der Waals surface area contributed by atoms with Crippen LogP contribution in [0.25, 0.3) is 0 Å². The van der Waals surface area contributed by atoms with E-state index in [4.69, 9.17) is 0 Å². The monoisotopic (exact) mass is 529 g/mol. The van der Waals surface area contributed by atoms with Crippen molar-refractivity contribution in [3.05, 3.63) is 46.0 Å². The summed E-state index contributed by atoms with van der Waals surface area (Å²) in [6.45, 7) is 6.62. The third kappa shape index (κ3) is 9.38. The molecule has 3 amide bonds. The largest absolute Gasteiger partial charge is 0.344 e. The lowest BCUT2D eigenvalue weighted by Crippen LogP contribution is -2.56. The third-order valence-electron chi connectivity index (χ3n) is 7.53. The number of rotatable bonds is 12. The smallest absolute Gasteiger partial charge is 0.318 e. The number of hydrogen-bond donors (Lipinski definition) is 2. The summed E-state index contributed by atoms with van der Waals surface area (Å²) in [6, 6.07) is 7.87. The second-order valence-electron chi connectivity index (χ2n) is 11.0. The first-order valence-electron chi connectivity index (χ1n) is 14.0.